The number of benzene rings is 2. The van der Waals surface area contributed by atoms with Gasteiger partial charge in [0.1, 0.15) is 5.75 Å². The Morgan fingerprint density at radius 3 is 3.00 bits per heavy atom. The van der Waals surface area contributed by atoms with Crippen LogP contribution in [0.25, 0.3) is 6.08 Å². The molecule has 2 heterocycles. The number of amides is 1. The summed E-state index contributed by atoms with van der Waals surface area (Å²) in [6, 6.07) is 11.3. The van der Waals surface area contributed by atoms with Gasteiger partial charge in [-0.3, -0.25) is 4.79 Å². The zero-order valence-corrected chi connectivity index (χ0v) is 17.6. The Hall–Kier alpha value is -2.70. The summed E-state index contributed by atoms with van der Waals surface area (Å²) in [5.74, 6) is 1.80. The fourth-order valence-corrected chi connectivity index (χ4v) is 3.89. The molecular formula is C23H24ClNO5. The van der Waals surface area contributed by atoms with Crippen molar-refractivity contribution in [2.45, 2.75) is 25.5 Å². The van der Waals surface area contributed by atoms with E-state index in [0.717, 1.165) is 36.3 Å². The Bertz CT molecular complexity index is 939. The van der Waals surface area contributed by atoms with Gasteiger partial charge in [0.15, 0.2) is 11.5 Å². The summed E-state index contributed by atoms with van der Waals surface area (Å²) in [7, 11) is 1.63. The predicted molar refractivity (Wildman–Crippen MR) is 114 cm³/mol. The predicted octanol–water partition coefficient (Wildman–Crippen LogP) is 4.30. The number of fused-ring (bicyclic) bond motifs is 1. The minimum Gasteiger partial charge on any atom is -0.497 e. The molecule has 4 rings (SSSR count). The number of methoxy groups -OCH3 is 1. The second-order valence-corrected chi connectivity index (χ2v) is 7.68. The molecule has 1 amide bonds. The molecule has 0 aliphatic carbocycles. The van der Waals surface area contributed by atoms with Crippen LogP contribution in [0, 0.1) is 0 Å². The summed E-state index contributed by atoms with van der Waals surface area (Å²) in [6.07, 6.45) is 5.35. The molecule has 2 aliphatic heterocycles. The Morgan fingerprint density at radius 1 is 1.30 bits per heavy atom. The van der Waals surface area contributed by atoms with Gasteiger partial charge in [-0.05, 0) is 54.3 Å². The molecular weight excluding hydrogens is 406 g/mol. The molecule has 2 aliphatic rings. The van der Waals surface area contributed by atoms with E-state index in [4.69, 9.17) is 30.5 Å². The van der Waals surface area contributed by atoms with E-state index >= 15 is 0 Å². The average Bonchev–Trinajstić information content (AvgIpc) is 3.44. The van der Waals surface area contributed by atoms with Crippen LogP contribution in [-0.4, -0.2) is 44.0 Å². The molecule has 30 heavy (non-hydrogen) atoms. The van der Waals surface area contributed by atoms with Crippen LogP contribution in [0.15, 0.2) is 42.5 Å². The number of rotatable bonds is 7. The topological polar surface area (TPSA) is 57.2 Å². The standard InChI is InChI=1S/C23H24ClNO5/c1-27-18-5-2-4-17(10-18)13-25(14-19-6-3-9-28-19)22(26)8-7-16-11-20(24)23-21(12-16)29-15-30-23/h2,4-5,7-8,10-12,19H,3,6,9,13-15H2,1H3/b8-7+. The molecule has 0 N–H and O–H groups in total. The van der Waals surface area contributed by atoms with Crippen LogP contribution in [0.1, 0.15) is 24.0 Å². The Labute approximate surface area is 180 Å². The molecule has 7 heteroatoms. The number of hydrogen-bond donors (Lipinski definition) is 0. The Kier molecular flexibility index (Phi) is 6.45. The summed E-state index contributed by atoms with van der Waals surface area (Å²) < 4.78 is 21.8. The molecule has 2 aromatic rings. The number of carbonyl (C=O) groups is 1. The summed E-state index contributed by atoms with van der Waals surface area (Å²) in [5.41, 5.74) is 1.77. The third kappa shape index (κ3) is 4.89. The third-order valence-electron chi connectivity index (χ3n) is 5.14. The molecule has 2 aromatic carbocycles. The molecule has 158 valence electrons. The van der Waals surface area contributed by atoms with E-state index in [9.17, 15) is 4.79 Å². The largest absolute Gasteiger partial charge is 0.497 e. The minimum absolute atomic E-state index is 0.0629. The highest BCUT2D eigenvalue weighted by atomic mass is 35.5. The van der Waals surface area contributed by atoms with Crippen molar-refractivity contribution in [3.8, 4) is 17.2 Å². The summed E-state index contributed by atoms with van der Waals surface area (Å²) in [6.45, 7) is 1.92. The maximum atomic E-state index is 13.0. The van der Waals surface area contributed by atoms with Gasteiger partial charge in [0.2, 0.25) is 12.7 Å². The number of hydrogen-bond acceptors (Lipinski definition) is 5. The lowest BCUT2D eigenvalue weighted by Crippen LogP contribution is -2.35. The van der Waals surface area contributed by atoms with E-state index in [0.29, 0.717) is 29.6 Å². The summed E-state index contributed by atoms with van der Waals surface area (Å²) in [5, 5.41) is 0.463. The first kappa shape index (κ1) is 20.6. The molecule has 0 aromatic heterocycles. The first-order chi connectivity index (χ1) is 14.6. The zero-order valence-electron chi connectivity index (χ0n) is 16.8. The lowest BCUT2D eigenvalue weighted by atomic mass is 10.1. The van der Waals surface area contributed by atoms with Crippen molar-refractivity contribution in [3.63, 3.8) is 0 Å². The lowest BCUT2D eigenvalue weighted by molar-refractivity contribution is -0.128. The van der Waals surface area contributed by atoms with Gasteiger partial charge in [0, 0.05) is 25.8 Å². The quantitative estimate of drug-likeness (QED) is 0.614. The highest BCUT2D eigenvalue weighted by Gasteiger charge is 2.22. The van der Waals surface area contributed by atoms with Crippen molar-refractivity contribution in [3.05, 3.63) is 58.6 Å². The van der Waals surface area contributed by atoms with Gasteiger partial charge < -0.3 is 23.8 Å². The summed E-state index contributed by atoms with van der Waals surface area (Å²) in [4.78, 5) is 14.8. The normalized spacial score (nSPS) is 17.5. The second-order valence-electron chi connectivity index (χ2n) is 7.28. The highest BCUT2D eigenvalue weighted by Crippen LogP contribution is 2.40. The van der Waals surface area contributed by atoms with E-state index in [1.165, 1.54) is 0 Å². The van der Waals surface area contributed by atoms with E-state index in [1.54, 1.807) is 30.2 Å². The highest BCUT2D eigenvalue weighted by molar-refractivity contribution is 6.32. The first-order valence-corrected chi connectivity index (χ1v) is 10.3. The monoisotopic (exact) mass is 429 g/mol. The van der Waals surface area contributed by atoms with Crippen LogP contribution in [0.2, 0.25) is 5.02 Å². The number of carbonyl (C=O) groups excluding carboxylic acids is 1. The van der Waals surface area contributed by atoms with Crippen molar-refractivity contribution >= 4 is 23.6 Å². The van der Waals surface area contributed by atoms with Crippen molar-refractivity contribution in [2.75, 3.05) is 27.1 Å². The summed E-state index contributed by atoms with van der Waals surface area (Å²) >= 11 is 6.24. The van der Waals surface area contributed by atoms with Crippen LogP contribution in [-0.2, 0) is 16.1 Å². The maximum absolute atomic E-state index is 13.0. The molecule has 1 unspecified atom stereocenters. The minimum atomic E-state index is -0.0953. The fourth-order valence-electron chi connectivity index (χ4n) is 3.61. The van der Waals surface area contributed by atoms with Gasteiger partial charge in [-0.15, -0.1) is 0 Å². The van der Waals surface area contributed by atoms with Gasteiger partial charge in [-0.25, -0.2) is 0 Å². The molecule has 0 saturated carbocycles. The molecule has 6 nitrogen and oxygen atoms in total. The average molecular weight is 430 g/mol. The van der Waals surface area contributed by atoms with Gasteiger partial charge in [-0.2, -0.15) is 0 Å². The van der Waals surface area contributed by atoms with Gasteiger partial charge in [-0.1, -0.05) is 23.7 Å². The van der Waals surface area contributed by atoms with Gasteiger partial charge in [0.25, 0.3) is 0 Å². The van der Waals surface area contributed by atoms with Crippen LogP contribution < -0.4 is 14.2 Å². The zero-order chi connectivity index (χ0) is 20.9. The van der Waals surface area contributed by atoms with Gasteiger partial charge in [0.05, 0.1) is 18.2 Å². The smallest absolute Gasteiger partial charge is 0.246 e. The molecule has 0 radical (unpaired) electrons. The van der Waals surface area contributed by atoms with Crippen molar-refractivity contribution in [2.24, 2.45) is 0 Å². The second kappa shape index (κ2) is 9.41. The van der Waals surface area contributed by atoms with E-state index < -0.39 is 0 Å². The van der Waals surface area contributed by atoms with Crippen molar-refractivity contribution in [1.82, 2.24) is 4.90 Å². The van der Waals surface area contributed by atoms with Crippen molar-refractivity contribution < 1.29 is 23.7 Å². The van der Waals surface area contributed by atoms with Crippen LogP contribution >= 0.6 is 11.6 Å². The number of nitrogens with zero attached hydrogens (tertiary/aromatic N) is 1. The molecule has 1 atom stereocenters. The molecule has 0 spiro atoms. The lowest BCUT2D eigenvalue weighted by Gasteiger charge is -2.24. The van der Waals surface area contributed by atoms with Crippen molar-refractivity contribution in [1.29, 1.82) is 0 Å². The molecule has 0 bridgehead atoms. The van der Waals surface area contributed by atoms with E-state index in [2.05, 4.69) is 0 Å². The van der Waals surface area contributed by atoms with E-state index in [-0.39, 0.29) is 18.8 Å². The first-order valence-electron chi connectivity index (χ1n) is 9.93. The number of halogens is 1. The Balaban J connectivity index is 1.51. The van der Waals surface area contributed by atoms with Gasteiger partial charge >= 0.3 is 0 Å². The fraction of sp³-hybridized carbons (Fsp3) is 0.348. The number of ether oxygens (including phenoxy) is 4. The van der Waals surface area contributed by atoms with Crippen LogP contribution in [0.4, 0.5) is 0 Å². The SMILES string of the molecule is COc1cccc(CN(CC2CCCO2)C(=O)/C=C/c2cc(Cl)c3c(c2)OCO3)c1. The maximum Gasteiger partial charge on any atom is 0.246 e. The molecule has 1 fully saturated rings. The Morgan fingerprint density at radius 2 is 2.20 bits per heavy atom. The van der Waals surface area contributed by atoms with Crippen LogP contribution in [0.5, 0.6) is 17.2 Å². The molecule has 1 saturated heterocycles. The van der Waals surface area contributed by atoms with Crippen LogP contribution in [0.3, 0.4) is 0 Å². The van der Waals surface area contributed by atoms with E-state index in [1.807, 2.05) is 30.3 Å². The third-order valence-corrected chi connectivity index (χ3v) is 5.42.